The van der Waals surface area contributed by atoms with Gasteiger partial charge in [-0.25, -0.2) is 4.79 Å². The van der Waals surface area contributed by atoms with Gasteiger partial charge in [0.15, 0.2) is 5.54 Å². The number of piperidine rings is 1. The number of hydrogen-bond donors (Lipinski definition) is 1. The predicted octanol–water partition coefficient (Wildman–Crippen LogP) is 2.38. The van der Waals surface area contributed by atoms with Crippen LogP contribution in [0.15, 0.2) is 35.9 Å². The van der Waals surface area contributed by atoms with Gasteiger partial charge in [0.2, 0.25) is 0 Å². The number of carbonyl (C=O) groups excluding carboxylic acids is 1. The van der Waals surface area contributed by atoms with Crippen molar-refractivity contribution in [3.63, 3.8) is 0 Å². The molecular weight excluding hydrogens is 328 g/mol. The Labute approximate surface area is 152 Å². The average molecular weight is 352 g/mol. The Balaban J connectivity index is 1.93. The summed E-state index contributed by atoms with van der Waals surface area (Å²) in [6.45, 7) is 3.69. The standard InChI is InChI=1S/C21H24N2O3/c1-3-13-11-22-9-8-15-14-6-4-5-7-17(14)23-19(15)18(22)10-16(13)21(23,12-24)20(25)26-2/h3-7,16,18,24H,8-12H2,1-2H3/b13-3-/t16-,18-,21+/m0/s1. The minimum Gasteiger partial charge on any atom is -0.467 e. The van der Waals surface area contributed by atoms with Crippen LogP contribution >= 0.6 is 0 Å². The van der Waals surface area contributed by atoms with E-state index in [4.69, 9.17) is 4.74 Å². The Morgan fingerprint density at radius 2 is 2.23 bits per heavy atom. The third-order valence-corrected chi connectivity index (χ3v) is 6.84. The molecule has 4 heterocycles. The van der Waals surface area contributed by atoms with Crippen molar-refractivity contribution >= 4 is 16.9 Å². The highest BCUT2D eigenvalue weighted by atomic mass is 16.5. The summed E-state index contributed by atoms with van der Waals surface area (Å²) < 4.78 is 7.40. The van der Waals surface area contributed by atoms with Crippen molar-refractivity contribution in [2.75, 3.05) is 26.8 Å². The highest BCUT2D eigenvalue weighted by molar-refractivity contribution is 5.91. The second kappa shape index (κ2) is 5.44. The van der Waals surface area contributed by atoms with Crippen LogP contribution in [0.3, 0.4) is 0 Å². The van der Waals surface area contributed by atoms with Crippen molar-refractivity contribution in [1.82, 2.24) is 9.47 Å². The molecule has 2 bridgehead atoms. The monoisotopic (exact) mass is 352 g/mol. The van der Waals surface area contributed by atoms with Crippen LogP contribution in [0.5, 0.6) is 0 Å². The highest BCUT2D eigenvalue weighted by Gasteiger charge is 2.59. The fraction of sp³-hybridized carbons (Fsp3) is 0.476. The first kappa shape index (κ1) is 16.1. The van der Waals surface area contributed by atoms with Crippen LogP contribution < -0.4 is 0 Å². The van der Waals surface area contributed by atoms with Gasteiger partial charge in [0.1, 0.15) is 0 Å². The van der Waals surface area contributed by atoms with E-state index in [1.165, 1.54) is 29.3 Å². The Hall–Kier alpha value is -2.11. The quantitative estimate of drug-likeness (QED) is 0.666. The lowest BCUT2D eigenvalue weighted by Crippen LogP contribution is -2.61. The summed E-state index contributed by atoms with van der Waals surface area (Å²) in [5, 5.41) is 11.8. The molecule has 0 saturated carbocycles. The van der Waals surface area contributed by atoms with Gasteiger partial charge in [-0.05, 0) is 31.4 Å². The van der Waals surface area contributed by atoms with E-state index in [9.17, 15) is 9.90 Å². The number of aromatic nitrogens is 1. The molecular formula is C21H24N2O3. The zero-order chi connectivity index (χ0) is 18.1. The Morgan fingerprint density at radius 3 is 2.96 bits per heavy atom. The summed E-state index contributed by atoms with van der Waals surface area (Å²) in [5.74, 6) is -0.383. The molecule has 0 radical (unpaired) electrons. The zero-order valence-electron chi connectivity index (χ0n) is 15.2. The number of esters is 1. The van der Waals surface area contributed by atoms with Crippen molar-refractivity contribution < 1.29 is 14.6 Å². The number of hydrogen-bond acceptors (Lipinski definition) is 4. The lowest BCUT2D eigenvalue weighted by Gasteiger charge is -2.54. The lowest BCUT2D eigenvalue weighted by atomic mass is 9.68. The number of nitrogens with zero attached hydrogens (tertiary/aromatic N) is 2. The van der Waals surface area contributed by atoms with Crippen molar-refractivity contribution in [3.05, 3.63) is 47.2 Å². The highest BCUT2D eigenvalue weighted by Crippen LogP contribution is 2.55. The third-order valence-electron chi connectivity index (χ3n) is 6.84. The molecule has 1 aromatic carbocycles. The van der Waals surface area contributed by atoms with Crippen LogP contribution in [0.2, 0.25) is 0 Å². The average Bonchev–Trinajstić information content (AvgIpc) is 3.03. The molecule has 5 nitrogen and oxygen atoms in total. The zero-order valence-corrected chi connectivity index (χ0v) is 15.2. The number of methoxy groups -OCH3 is 1. The second-order valence-corrected chi connectivity index (χ2v) is 7.68. The molecule has 0 spiro atoms. The summed E-state index contributed by atoms with van der Waals surface area (Å²) in [5.41, 5.74) is 3.73. The van der Waals surface area contributed by atoms with E-state index in [2.05, 4.69) is 33.7 Å². The normalized spacial score (nSPS) is 31.4. The molecule has 1 saturated heterocycles. The topological polar surface area (TPSA) is 54.7 Å². The number of rotatable bonds is 2. The SMILES string of the molecule is C/C=C1/CN2CCc3c4n(c5ccccc35)[C@@](CO)(C(=O)OC)[C@H]1C[C@@H]42. The van der Waals surface area contributed by atoms with Gasteiger partial charge >= 0.3 is 5.97 Å². The first-order valence-electron chi connectivity index (χ1n) is 9.38. The molecule has 5 heteroatoms. The molecule has 26 heavy (non-hydrogen) atoms. The number of ether oxygens (including phenoxy) is 1. The minimum absolute atomic E-state index is 0.0412. The van der Waals surface area contributed by atoms with Gasteiger partial charge in [0, 0.05) is 35.6 Å². The summed E-state index contributed by atoms with van der Waals surface area (Å²) in [4.78, 5) is 15.7. The molecule has 0 amide bonds. The van der Waals surface area contributed by atoms with E-state index in [-0.39, 0.29) is 18.5 Å². The van der Waals surface area contributed by atoms with Crippen molar-refractivity contribution in [3.8, 4) is 0 Å². The van der Waals surface area contributed by atoms with Gasteiger partial charge in [-0.15, -0.1) is 0 Å². The van der Waals surface area contributed by atoms with Crippen LogP contribution in [0.1, 0.15) is 30.6 Å². The molecule has 1 aromatic heterocycles. The lowest BCUT2D eigenvalue weighted by molar-refractivity contribution is -0.160. The maximum atomic E-state index is 13.2. The number of benzene rings is 1. The van der Waals surface area contributed by atoms with E-state index in [0.29, 0.717) is 6.04 Å². The third kappa shape index (κ3) is 1.70. The molecule has 3 aliphatic rings. The van der Waals surface area contributed by atoms with Crippen LogP contribution in [0.25, 0.3) is 10.9 Å². The summed E-state index contributed by atoms with van der Waals surface area (Å²) in [7, 11) is 1.43. The van der Waals surface area contributed by atoms with Gasteiger partial charge < -0.3 is 14.4 Å². The molecule has 3 atom stereocenters. The van der Waals surface area contributed by atoms with Gasteiger partial charge in [0.05, 0.1) is 19.8 Å². The Morgan fingerprint density at radius 1 is 1.42 bits per heavy atom. The smallest absolute Gasteiger partial charge is 0.335 e. The number of allylic oxidation sites excluding steroid dienone is 1. The van der Waals surface area contributed by atoms with E-state index >= 15 is 0 Å². The van der Waals surface area contributed by atoms with Crippen LogP contribution in [0, 0.1) is 5.92 Å². The van der Waals surface area contributed by atoms with Gasteiger partial charge in [-0.1, -0.05) is 29.8 Å². The molecule has 0 unspecified atom stereocenters. The fourth-order valence-corrected chi connectivity index (χ4v) is 5.73. The van der Waals surface area contributed by atoms with Crippen LogP contribution in [0.4, 0.5) is 0 Å². The maximum absolute atomic E-state index is 13.2. The van der Waals surface area contributed by atoms with E-state index in [1.54, 1.807) is 0 Å². The minimum atomic E-state index is -1.08. The molecule has 1 N–H and O–H groups in total. The molecule has 3 aliphatic heterocycles. The summed E-state index contributed by atoms with van der Waals surface area (Å²) >= 11 is 0. The fourth-order valence-electron chi connectivity index (χ4n) is 5.73. The first-order chi connectivity index (χ1) is 12.7. The van der Waals surface area contributed by atoms with Crippen molar-refractivity contribution in [2.24, 2.45) is 5.92 Å². The number of fused-ring (bicyclic) bond motifs is 4. The van der Waals surface area contributed by atoms with Crippen LogP contribution in [-0.4, -0.2) is 47.3 Å². The number of para-hydroxylation sites is 1. The maximum Gasteiger partial charge on any atom is 0.335 e. The summed E-state index contributed by atoms with van der Waals surface area (Å²) in [6, 6.07) is 8.59. The molecule has 2 aromatic rings. The molecule has 5 rings (SSSR count). The van der Waals surface area contributed by atoms with Gasteiger partial charge in [0.25, 0.3) is 0 Å². The molecule has 136 valence electrons. The molecule has 1 fully saturated rings. The molecule has 0 aliphatic carbocycles. The number of aliphatic hydroxyl groups excluding tert-OH is 1. The largest absolute Gasteiger partial charge is 0.467 e. The Bertz CT molecular complexity index is 944. The van der Waals surface area contributed by atoms with E-state index in [1.807, 2.05) is 13.0 Å². The second-order valence-electron chi connectivity index (χ2n) is 7.68. The van der Waals surface area contributed by atoms with Gasteiger partial charge in [-0.2, -0.15) is 0 Å². The van der Waals surface area contributed by atoms with Crippen molar-refractivity contribution in [2.45, 2.75) is 31.3 Å². The summed E-state index contributed by atoms with van der Waals surface area (Å²) in [6.07, 6.45) is 3.96. The first-order valence-corrected chi connectivity index (χ1v) is 9.38. The predicted molar refractivity (Wildman–Crippen MR) is 98.9 cm³/mol. The van der Waals surface area contributed by atoms with Gasteiger partial charge in [-0.3, -0.25) is 4.90 Å². The number of aliphatic hydroxyl groups is 1. The number of carbonyl (C=O) groups is 1. The van der Waals surface area contributed by atoms with Crippen molar-refractivity contribution in [1.29, 1.82) is 0 Å². The Kier molecular flexibility index (Phi) is 3.37. The van der Waals surface area contributed by atoms with E-state index < -0.39 is 5.54 Å². The van der Waals surface area contributed by atoms with Crippen LogP contribution in [-0.2, 0) is 21.5 Å². The van der Waals surface area contributed by atoms with E-state index in [0.717, 1.165) is 31.4 Å².